The van der Waals surface area contributed by atoms with Crippen molar-refractivity contribution in [3.8, 4) is 0 Å². The van der Waals surface area contributed by atoms with Crippen LogP contribution < -0.4 is 10.6 Å². The maximum Gasteiger partial charge on any atom is 0.226 e. The first-order valence-corrected chi connectivity index (χ1v) is 7.36. The van der Waals surface area contributed by atoms with E-state index in [9.17, 15) is 4.79 Å². The van der Waals surface area contributed by atoms with Crippen molar-refractivity contribution in [1.29, 1.82) is 0 Å². The molecule has 3 nitrogen and oxygen atoms in total. The Bertz CT molecular complexity index is 644. The van der Waals surface area contributed by atoms with E-state index in [0.717, 1.165) is 16.9 Å². The summed E-state index contributed by atoms with van der Waals surface area (Å²) >= 11 is 12.0. The fourth-order valence-electron chi connectivity index (χ4n) is 1.86. The molecule has 0 aliphatic rings. The van der Waals surface area contributed by atoms with Crippen LogP contribution in [0.1, 0.15) is 12.0 Å². The van der Waals surface area contributed by atoms with E-state index in [2.05, 4.69) is 10.6 Å². The van der Waals surface area contributed by atoms with E-state index < -0.39 is 0 Å². The third-order valence-corrected chi connectivity index (χ3v) is 3.58. The molecule has 0 heterocycles. The average Bonchev–Trinajstić information content (AvgIpc) is 2.45. The van der Waals surface area contributed by atoms with Gasteiger partial charge >= 0.3 is 0 Å². The first-order chi connectivity index (χ1) is 10.1. The standard InChI is InChI=1S/C16H16Cl2N2O/c1-11-6-7-12(17)10-15(11)20-16(21)8-9-19-14-5-3-2-4-13(14)18/h2-7,10,19H,8-9H2,1H3,(H,20,21). The van der Waals surface area contributed by atoms with E-state index in [4.69, 9.17) is 23.2 Å². The molecule has 0 unspecified atom stereocenters. The van der Waals surface area contributed by atoms with Crippen molar-refractivity contribution < 1.29 is 4.79 Å². The molecule has 2 N–H and O–H groups in total. The number of para-hydroxylation sites is 1. The van der Waals surface area contributed by atoms with E-state index in [-0.39, 0.29) is 5.91 Å². The van der Waals surface area contributed by atoms with Gasteiger partial charge in [0, 0.05) is 23.7 Å². The highest BCUT2D eigenvalue weighted by Crippen LogP contribution is 2.21. The van der Waals surface area contributed by atoms with E-state index in [1.165, 1.54) is 0 Å². The third kappa shape index (κ3) is 4.66. The van der Waals surface area contributed by atoms with Crippen LogP contribution in [0.3, 0.4) is 0 Å². The van der Waals surface area contributed by atoms with Crippen molar-refractivity contribution in [2.75, 3.05) is 17.2 Å². The molecule has 0 bridgehead atoms. The number of aryl methyl sites for hydroxylation is 1. The molecule has 0 saturated carbocycles. The number of anilines is 2. The van der Waals surface area contributed by atoms with E-state index in [1.807, 2.05) is 31.2 Å². The summed E-state index contributed by atoms with van der Waals surface area (Å²) in [4.78, 5) is 11.9. The fraction of sp³-hybridized carbons (Fsp3) is 0.188. The predicted octanol–water partition coefficient (Wildman–Crippen LogP) is 4.74. The van der Waals surface area contributed by atoms with Crippen LogP contribution in [0.5, 0.6) is 0 Å². The van der Waals surface area contributed by atoms with Gasteiger partial charge in [-0.05, 0) is 36.8 Å². The zero-order valence-electron chi connectivity index (χ0n) is 11.6. The number of rotatable bonds is 5. The van der Waals surface area contributed by atoms with Crippen LogP contribution >= 0.6 is 23.2 Å². The van der Waals surface area contributed by atoms with Crippen molar-refractivity contribution in [2.45, 2.75) is 13.3 Å². The quantitative estimate of drug-likeness (QED) is 0.834. The number of nitrogens with one attached hydrogen (secondary N) is 2. The molecule has 0 atom stereocenters. The maximum atomic E-state index is 11.9. The highest BCUT2D eigenvalue weighted by molar-refractivity contribution is 6.33. The smallest absolute Gasteiger partial charge is 0.226 e. The monoisotopic (exact) mass is 322 g/mol. The van der Waals surface area contributed by atoms with Gasteiger partial charge in [-0.25, -0.2) is 0 Å². The molecule has 0 spiro atoms. The van der Waals surface area contributed by atoms with Gasteiger partial charge in [-0.15, -0.1) is 0 Å². The number of carbonyl (C=O) groups is 1. The van der Waals surface area contributed by atoms with Crippen LogP contribution in [0.15, 0.2) is 42.5 Å². The van der Waals surface area contributed by atoms with Gasteiger partial charge in [-0.3, -0.25) is 4.79 Å². The number of halogens is 2. The highest BCUT2D eigenvalue weighted by Gasteiger charge is 2.06. The average molecular weight is 323 g/mol. The number of hydrogen-bond donors (Lipinski definition) is 2. The predicted molar refractivity (Wildman–Crippen MR) is 89.4 cm³/mol. The van der Waals surface area contributed by atoms with Gasteiger partial charge in [0.1, 0.15) is 0 Å². The van der Waals surface area contributed by atoms with Gasteiger partial charge in [-0.1, -0.05) is 41.4 Å². The number of carbonyl (C=O) groups excluding carboxylic acids is 1. The van der Waals surface area contributed by atoms with Gasteiger partial charge in [-0.2, -0.15) is 0 Å². The minimum absolute atomic E-state index is 0.0695. The van der Waals surface area contributed by atoms with Crippen LogP contribution in [-0.4, -0.2) is 12.5 Å². The molecule has 1 amide bonds. The van der Waals surface area contributed by atoms with E-state index >= 15 is 0 Å². The molecule has 110 valence electrons. The largest absolute Gasteiger partial charge is 0.383 e. The lowest BCUT2D eigenvalue weighted by Crippen LogP contribution is -2.16. The Morgan fingerprint density at radius 3 is 2.62 bits per heavy atom. The fourth-order valence-corrected chi connectivity index (χ4v) is 2.23. The Morgan fingerprint density at radius 1 is 1.10 bits per heavy atom. The molecule has 0 saturated heterocycles. The molecule has 0 aliphatic heterocycles. The summed E-state index contributed by atoms with van der Waals surface area (Å²) < 4.78 is 0. The van der Waals surface area contributed by atoms with Crippen molar-refractivity contribution >= 4 is 40.5 Å². The van der Waals surface area contributed by atoms with Crippen molar-refractivity contribution in [2.24, 2.45) is 0 Å². The SMILES string of the molecule is Cc1ccc(Cl)cc1NC(=O)CCNc1ccccc1Cl. The minimum atomic E-state index is -0.0695. The molecule has 0 fully saturated rings. The van der Waals surface area contributed by atoms with Crippen LogP contribution in [0, 0.1) is 6.92 Å². The zero-order valence-corrected chi connectivity index (χ0v) is 13.1. The second-order valence-corrected chi connectivity index (χ2v) is 5.51. The van der Waals surface area contributed by atoms with Crippen LogP contribution in [-0.2, 0) is 4.79 Å². The third-order valence-electron chi connectivity index (χ3n) is 3.02. The Morgan fingerprint density at radius 2 is 1.86 bits per heavy atom. The maximum absolute atomic E-state index is 11.9. The molecule has 5 heteroatoms. The van der Waals surface area contributed by atoms with Crippen molar-refractivity contribution in [3.05, 3.63) is 58.1 Å². The summed E-state index contributed by atoms with van der Waals surface area (Å²) in [6.45, 7) is 2.43. The number of amides is 1. The molecule has 2 rings (SSSR count). The Hall–Kier alpha value is -1.71. The van der Waals surface area contributed by atoms with Crippen LogP contribution in [0.4, 0.5) is 11.4 Å². The lowest BCUT2D eigenvalue weighted by Gasteiger charge is -2.10. The minimum Gasteiger partial charge on any atom is -0.383 e. The van der Waals surface area contributed by atoms with Crippen molar-refractivity contribution in [3.63, 3.8) is 0 Å². The lowest BCUT2D eigenvalue weighted by atomic mass is 10.2. The summed E-state index contributed by atoms with van der Waals surface area (Å²) in [7, 11) is 0. The molecule has 0 radical (unpaired) electrons. The normalized spacial score (nSPS) is 10.2. The number of benzene rings is 2. The lowest BCUT2D eigenvalue weighted by molar-refractivity contribution is -0.115. The first kappa shape index (κ1) is 15.7. The number of hydrogen-bond acceptors (Lipinski definition) is 2. The van der Waals surface area contributed by atoms with Gasteiger partial charge < -0.3 is 10.6 Å². The first-order valence-electron chi connectivity index (χ1n) is 6.60. The summed E-state index contributed by atoms with van der Waals surface area (Å²) in [6, 6.07) is 12.9. The molecular weight excluding hydrogens is 307 g/mol. The summed E-state index contributed by atoms with van der Waals surface area (Å²) in [6.07, 6.45) is 0.344. The van der Waals surface area contributed by atoms with Crippen LogP contribution in [0.25, 0.3) is 0 Å². The summed E-state index contributed by atoms with van der Waals surface area (Å²) in [5.41, 5.74) is 2.54. The van der Waals surface area contributed by atoms with Gasteiger partial charge in [0.05, 0.1) is 10.7 Å². The Kier molecular flexibility index (Phi) is 5.48. The molecule has 2 aromatic carbocycles. The summed E-state index contributed by atoms with van der Waals surface area (Å²) in [5.74, 6) is -0.0695. The summed E-state index contributed by atoms with van der Waals surface area (Å²) in [5, 5.41) is 7.24. The van der Waals surface area contributed by atoms with Gasteiger partial charge in [0.15, 0.2) is 0 Å². The highest BCUT2D eigenvalue weighted by atomic mass is 35.5. The van der Waals surface area contributed by atoms with Gasteiger partial charge in [0.2, 0.25) is 5.91 Å². The Labute approximate surface area is 134 Å². The van der Waals surface area contributed by atoms with Crippen molar-refractivity contribution in [1.82, 2.24) is 0 Å². The molecule has 21 heavy (non-hydrogen) atoms. The van der Waals surface area contributed by atoms with E-state index in [0.29, 0.717) is 23.0 Å². The zero-order chi connectivity index (χ0) is 15.2. The second-order valence-electron chi connectivity index (χ2n) is 4.66. The second kappa shape index (κ2) is 7.34. The molecule has 0 aliphatic carbocycles. The topological polar surface area (TPSA) is 41.1 Å². The van der Waals surface area contributed by atoms with Crippen LogP contribution in [0.2, 0.25) is 10.0 Å². The van der Waals surface area contributed by atoms with Gasteiger partial charge in [0.25, 0.3) is 0 Å². The molecule has 2 aromatic rings. The molecular formula is C16H16Cl2N2O. The van der Waals surface area contributed by atoms with E-state index in [1.54, 1.807) is 18.2 Å². The molecule has 0 aromatic heterocycles. The Balaban J connectivity index is 1.85.